The third-order valence-electron chi connectivity index (χ3n) is 3.40. The molecule has 0 fully saturated rings. The molecule has 0 unspecified atom stereocenters. The highest BCUT2D eigenvalue weighted by Crippen LogP contribution is 2.14. The van der Waals surface area contributed by atoms with E-state index >= 15 is 0 Å². The maximum atomic E-state index is 11.7. The summed E-state index contributed by atoms with van der Waals surface area (Å²) in [6.07, 6.45) is 2.77. The number of hydrogen-bond donors (Lipinski definition) is 1. The maximum absolute atomic E-state index is 11.7. The predicted molar refractivity (Wildman–Crippen MR) is 85.4 cm³/mol. The van der Waals surface area contributed by atoms with Crippen molar-refractivity contribution in [2.24, 2.45) is 0 Å². The van der Waals surface area contributed by atoms with Crippen molar-refractivity contribution in [2.75, 3.05) is 7.05 Å². The molecule has 2 aromatic heterocycles. The molecule has 0 amide bonds. The summed E-state index contributed by atoms with van der Waals surface area (Å²) in [4.78, 5) is 4.51. The summed E-state index contributed by atoms with van der Waals surface area (Å²) in [6.45, 7) is 0. The molecule has 0 saturated carbocycles. The molecule has 3 aromatic rings. The van der Waals surface area contributed by atoms with Crippen LogP contribution < -0.4 is 4.72 Å². The van der Waals surface area contributed by atoms with E-state index in [0.717, 1.165) is 5.56 Å². The summed E-state index contributed by atoms with van der Waals surface area (Å²) < 4.78 is 30.8. The second kappa shape index (κ2) is 6.85. The van der Waals surface area contributed by atoms with E-state index in [0.29, 0.717) is 30.3 Å². The van der Waals surface area contributed by atoms with Crippen LogP contribution in [0, 0.1) is 0 Å². The average Bonchev–Trinajstić information content (AvgIpc) is 3.10. The molecule has 0 aliphatic rings. The molecule has 0 atom stereocenters. The Morgan fingerprint density at radius 2 is 1.92 bits per heavy atom. The fraction of sp³-hybridized carbons (Fsp3) is 0.200. The van der Waals surface area contributed by atoms with Crippen molar-refractivity contribution in [1.29, 1.82) is 0 Å². The highest BCUT2D eigenvalue weighted by molar-refractivity contribution is 7.89. The lowest BCUT2D eigenvalue weighted by atomic mass is 10.1. The van der Waals surface area contributed by atoms with Crippen LogP contribution >= 0.6 is 0 Å². The van der Waals surface area contributed by atoms with Gasteiger partial charge in [0.15, 0.2) is 0 Å². The van der Waals surface area contributed by atoms with E-state index in [1.165, 1.54) is 7.05 Å². The number of rotatable bonds is 6. The van der Waals surface area contributed by atoms with Crippen molar-refractivity contribution in [2.45, 2.75) is 17.7 Å². The minimum Gasteiger partial charge on any atom is -0.339 e. The third kappa shape index (κ3) is 3.63. The molecule has 1 N–H and O–H groups in total. The van der Waals surface area contributed by atoms with E-state index in [2.05, 4.69) is 25.1 Å². The Labute approximate surface area is 139 Å². The Balaban J connectivity index is 1.65. The van der Waals surface area contributed by atoms with E-state index in [1.807, 2.05) is 0 Å². The number of nitrogens with zero attached hydrogens (tertiary/aromatic N) is 4. The molecule has 9 heteroatoms. The van der Waals surface area contributed by atoms with Gasteiger partial charge in [-0.25, -0.2) is 13.1 Å². The Kier molecular flexibility index (Phi) is 4.63. The number of aryl methyl sites for hydroxylation is 2. The first-order valence-corrected chi connectivity index (χ1v) is 8.70. The Morgan fingerprint density at radius 3 is 2.58 bits per heavy atom. The molecule has 0 aliphatic heterocycles. The first-order valence-electron chi connectivity index (χ1n) is 7.21. The molecule has 0 aliphatic carbocycles. The van der Waals surface area contributed by atoms with Gasteiger partial charge in [0.25, 0.3) is 0 Å². The highest BCUT2D eigenvalue weighted by Gasteiger charge is 2.12. The minimum absolute atomic E-state index is 0.233. The monoisotopic (exact) mass is 345 g/mol. The topological polar surface area (TPSA) is 111 Å². The van der Waals surface area contributed by atoms with Gasteiger partial charge in [0.1, 0.15) is 5.69 Å². The Morgan fingerprint density at radius 1 is 1.12 bits per heavy atom. The van der Waals surface area contributed by atoms with Crippen molar-refractivity contribution in [3.63, 3.8) is 0 Å². The lowest BCUT2D eigenvalue weighted by Crippen LogP contribution is -2.18. The van der Waals surface area contributed by atoms with Gasteiger partial charge in [0.2, 0.25) is 21.7 Å². The summed E-state index contributed by atoms with van der Waals surface area (Å²) in [7, 11) is -2.03. The van der Waals surface area contributed by atoms with Crippen molar-refractivity contribution in [1.82, 2.24) is 25.1 Å². The molecule has 0 spiro atoms. The van der Waals surface area contributed by atoms with Gasteiger partial charge in [0.05, 0.1) is 4.90 Å². The smallest absolute Gasteiger partial charge is 0.240 e. The van der Waals surface area contributed by atoms with Gasteiger partial charge in [-0.1, -0.05) is 17.3 Å². The number of aromatic nitrogens is 4. The molecule has 0 radical (unpaired) electrons. The Hall–Kier alpha value is -2.65. The second-order valence-corrected chi connectivity index (χ2v) is 6.86. The van der Waals surface area contributed by atoms with Gasteiger partial charge in [-0.05, 0) is 43.3 Å². The zero-order valence-electron chi connectivity index (χ0n) is 12.9. The number of sulfonamides is 1. The van der Waals surface area contributed by atoms with Crippen LogP contribution in [0.2, 0.25) is 0 Å². The van der Waals surface area contributed by atoms with Crippen molar-refractivity contribution in [3.8, 4) is 11.5 Å². The Bertz CT molecular complexity index is 908. The first kappa shape index (κ1) is 16.2. The van der Waals surface area contributed by atoms with Crippen LogP contribution in [-0.2, 0) is 22.9 Å². The van der Waals surface area contributed by atoms with Crippen molar-refractivity contribution in [3.05, 3.63) is 54.0 Å². The van der Waals surface area contributed by atoms with Crippen LogP contribution in [0.5, 0.6) is 0 Å². The average molecular weight is 345 g/mol. The minimum atomic E-state index is -3.41. The number of benzene rings is 1. The molecule has 8 nitrogen and oxygen atoms in total. The number of hydrogen-bond acceptors (Lipinski definition) is 7. The predicted octanol–water partition coefficient (Wildman–Crippen LogP) is 1.22. The van der Waals surface area contributed by atoms with Crippen LogP contribution in [0.1, 0.15) is 11.5 Å². The van der Waals surface area contributed by atoms with E-state index in [9.17, 15) is 8.42 Å². The largest absolute Gasteiger partial charge is 0.339 e. The molecule has 2 heterocycles. The molecule has 1 aromatic carbocycles. The van der Waals surface area contributed by atoms with Gasteiger partial charge in [-0.2, -0.15) is 10.1 Å². The van der Waals surface area contributed by atoms with E-state index in [1.54, 1.807) is 42.6 Å². The standard InChI is InChI=1S/C15H15N5O3S/c1-16-24(21,22)12-7-4-11(5-8-12)6-9-14-18-15(20-23-14)13-3-2-10-17-19-13/h2-5,7-8,10,16H,6,9H2,1H3. The van der Waals surface area contributed by atoms with E-state index in [4.69, 9.17) is 4.52 Å². The molecular weight excluding hydrogens is 330 g/mol. The molecule has 124 valence electrons. The molecule has 24 heavy (non-hydrogen) atoms. The SMILES string of the molecule is CNS(=O)(=O)c1ccc(CCc2nc(-c3cccnn3)no2)cc1. The summed E-state index contributed by atoms with van der Waals surface area (Å²) in [5.41, 5.74) is 1.53. The quantitative estimate of drug-likeness (QED) is 0.715. The van der Waals surface area contributed by atoms with Gasteiger partial charge in [-0.15, -0.1) is 5.10 Å². The van der Waals surface area contributed by atoms with Crippen molar-refractivity contribution < 1.29 is 12.9 Å². The zero-order valence-corrected chi connectivity index (χ0v) is 13.7. The maximum Gasteiger partial charge on any atom is 0.240 e. The fourth-order valence-corrected chi connectivity index (χ4v) is 2.82. The normalized spacial score (nSPS) is 11.5. The lowest BCUT2D eigenvalue weighted by molar-refractivity contribution is 0.378. The summed E-state index contributed by atoms with van der Waals surface area (Å²) in [6, 6.07) is 10.2. The zero-order chi connectivity index (χ0) is 17.0. The van der Waals surface area contributed by atoms with Gasteiger partial charge >= 0.3 is 0 Å². The van der Waals surface area contributed by atoms with Crippen LogP contribution in [0.3, 0.4) is 0 Å². The summed E-state index contributed by atoms with van der Waals surface area (Å²) >= 11 is 0. The van der Waals surface area contributed by atoms with Crippen molar-refractivity contribution >= 4 is 10.0 Å². The van der Waals surface area contributed by atoms with Crippen LogP contribution in [0.25, 0.3) is 11.5 Å². The third-order valence-corrected chi connectivity index (χ3v) is 4.83. The molecule has 0 bridgehead atoms. The second-order valence-electron chi connectivity index (χ2n) is 4.97. The van der Waals surface area contributed by atoms with Crippen LogP contribution in [-0.4, -0.2) is 35.8 Å². The van der Waals surface area contributed by atoms with Gasteiger partial charge < -0.3 is 4.52 Å². The highest BCUT2D eigenvalue weighted by atomic mass is 32.2. The molecule has 3 rings (SSSR count). The number of nitrogens with one attached hydrogen (secondary N) is 1. The van der Waals surface area contributed by atoms with E-state index < -0.39 is 10.0 Å². The molecular formula is C15H15N5O3S. The van der Waals surface area contributed by atoms with Crippen LogP contribution in [0.15, 0.2) is 52.0 Å². The van der Waals surface area contributed by atoms with E-state index in [-0.39, 0.29) is 4.90 Å². The van der Waals surface area contributed by atoms with Gasteiger partial charge in [0, 0.05) is 12.6 Å². The fourth-order valence-electron chi connectivity index (χ4n) is 2.09. The summed E-state index contributed by atoms with van der Waals surface area (Å²) in [5, 5.41) is 11.6. The molecule has 0 saturated heterocycles. The lowest BCUT2D eigenvalue weighted by Gasteiger charge is -2.03. The summed E-state index contributed by atoms with van der Waals surface area (Å²) in [5.74, 6) is 0.885. The van der Waals surface area contributed by atoms with Gasteiger partial charge in [-0.3, -0.25) is 0 Å². The first-order chi connectivity index (χ1) is 11.6. The van der Waals surface area contributed by atoms with Crippen LogP contribution in [0.4, 0.5) is 0 Å².